The van der Waals surface area contributed by atoms with Crippen LogP contribution in [0.3, 0.4) is 0 Å². The summed E-state index contributed by atoms with van der Waals surface area (Å²) in [7, 11) is 2.98. The van der Waals surface area contributed by atoms with E-state index in [0.717, 1.165) is 0 Å². The Labute approximate surface area is 149 Å². The largest absolute Gasteiger partial charge is 0.497 e. The normalized spacial score (nSPS) is 11.8. The lowest BCUT2D eigenvalue weighted by atomic mass is 10.2. The number of aromatic nitrogens is 2. The SMILES string of the molecule is COc1ccc(C(=O)OC(C)c2nc3ccccc3c(=O)[nH]2)c(OC)c1. The van der Waals surface area contributed by atoms with Crippen LogP contribution in [-0.4, -0.2) is 30.2 Å². The van der Waals surface area contributed by atoms with Crippen LogP contribution >= 0.6 is 0 Å². The van der Waals surface area contributed by atoms with Crippen molar-refractivity contribution >= 4 is 16.9 Å². The van der Waals surface area contributed by atoms with Gasteiger partial charge in [-0.15, -0.1) is 0 Å². The fourth-order valence-corrected chi connectivity index (χ4v) is 2.54. The molecule has 7 heteroatoms. The molecule has 3 rings (SSSR count). The predicted molar refractivity (Wildman–Crippen MR) is 95.7 cm³/mol. The van der Waals surface area contributed by atoms with E-state index in [9.17, 15) is 9.59 Å². The lowest BCUT2D eigenvalue weighted by molar-refractivity contribution is 0.0316. The number of methoxy groups -OCH3 is 2. The number of benzene rings is 2. The summed E-state index contributed by atoms with van der Waals surface area (Å²) in [5.41, 5.74) is 0.509. The number of nitrogens with zero attached hydrogens (tertiary/aromatic N) is 1. The van der Waals surface area contributed by atoms with Crippen molar-refractivity contribution < 1.29 is 19.0 Å². The van der Waals surface area contributed by atoms with Gasteiger partial charge in [-0.1, -0.05) is 12.1 Å². The van der Waals surface area contributed by atoms with Crippen LogP contribution in [0.5, 0.6) is 11.5 Å². The van der Waals surface area contributed by atoms with Gasteiger partial charge in [-0.3, -0.25) is 4.79 Å². The molecule has 2 aromatic carbocycles. The minimum atomic E-state index is -0.744. The van der Waals surface area contributed by atoms with Crippen LogP contribution in [0.15, 0.2) is 47.3 Å². The molecule has 134 valence electrons. The molecule has 0 aliphatic rings. The highest BCUT2D eigenvalue weighted by Gasteiger charge is 2.20. The summed E-state index contributed by atoms with van der Waals surface area (Å²) in [4.78, 5) is 31.7. The average molecular weight is 354 g/mol. The second-order valence-corrected chi connectivity index (χ2v) is 5.58. The van der Waals surface area contributed by atoms with Gasteiger partial charge < -0.3 is 19.2 Å². The summed E-state index contributed by atoms with van der Waals surface area (Å²) < 4.78 is 15.8. The number of para-hydroxylation sites is 1. The Morgan fingerprint density at radius 2 is 1.88 bits per heavy atom. The molecule has 0 fully saturated rings. The zero-order chi connectivity index (χ0) is 18.7. The van der Waals surface area contributed by atoms with Crippen LogP contribution in [0.2, 0.25) is 0 Å². The molecule has 1 heterocycles. The summed E-state index contributed by atoms with van der Waals surface area (Å²) in [5.74, 6) is 0.579. The minimum Gasteiger partial charge on any atom is -0.497 e. The van der Waals surface area contributed by atoms with Crippen molar-refractivity contribution in [3.05, 3.63) is 64.2 Å². The van der Waals surface area contributed by atoms with Crippen LogP contribution in [0.25, 0.3) is 10.9 Å². The molecular weight excluding hydrogens is 336 g/mol. The van der Waals surface area contributed by atoms with E-state index >= 15 is 0 Å². The summed E-state index contributed by atoms with van der Waals surface area (Å²) >= 11 is 0. The van der Waals surface area contributed by atoms with E-state index in [1.165, 1.54) is 14.2 Å². The third kappa shape index (κ3) is 3.37. The number of nitrogens with one attached hydrogen (secondary N) is 1. The van der Waals surface area contributed by atoms with E-state index < -0.39 is 12.1 Å². The maximum Gasteiger partial charge on any atom is 0.342 e. The smallest absolute Gasteiger partial charge is 0.342 e. The standard InChI is InChI=1S/C19H18N2O5/c1-11(17-20-15-7-5-4-6-13(15)18(22)21-17)26-19(23)14-9-8-12(24-2)10-16(14)25-3/h4-11H,1-3H3,(H,20,21,22). The molecule has 1 unspecified atom stereocenters. The topological polar surface area (TPSA) is 90.5 Å². The van der Waals surface area contributed by atoms with Crippen LogP contribution < -0.4 is 15.0 Å². The van der Waals surface area contributed by atoms with Gasteiger partial charge in [0.25, 0.3) is 5.56 Å². The number of fused-ring (bicyclic) bond motifs is 1. The van der Waals surface area contributed by atoms with E-state index in [1.54, 1.807) is 49.4 Å². The molecule has 0 saturated carbocycles. The Bertz CT molecular complexity index is 1010. The van der Waals surface area contributed by atoms with Crippen molar-refractivity contribution in [2.24, 2.45) is 0 Å². The van der Waals surface area contributed by atoms with E-state index in [1.807, 2.05) is 0 Å². The van der Waals surface area contributed by atoms with Crippen molar-refractivity contribution in [2.45, 2.75) is 13.0 Å². The number of ether oxygens (including phenoxy) is 3. The molecule has 0 saturated heterocycles. The van der Waals surface area contributed by atoms with Gasteiger partial charge in [0.2, 0.25) is 0 Å². The van der Waals surface area contributed by atoms with Gasteiger partial charge in [-0.05, 0) is 31.2 Å². The number of H-pyrrole nitrogens is 1. The average Bonchev–Trinajstić information content (AvgIpc) is 2.67. The Morgan fingerprint density at radius 3 is 2.62 bits per heavy atom. The van der Waals surface area contributed by atoms with E-state index in [4.69, 9.17) is 14.2 Å². The van der Waals surface area contributed by atoms with Crippen molar-refractivity contribution in [3.63, 3.8) is 0 Å². The maximum atomic E-state index is 12.5. The monoisotopic (exact) mass is 354 g/mol. The number of aromatic amines is 1. The van der Waals surface area contributed by atoms with E-state index in [0.29, 0.717) is 22.4 Å². The first-order valence-electron chi connectivity index (χ1n) is 7.95. The van der Waals surface area contributed by atoms with Gasteiger partial charge >= 0.3 is 5.97 Å². The fraction of sp³-hybridized carbons (Fsp3) is 0.211. The highest BCUT2D eigenvalue weighted by Crippen LogP contribution is 2.26. The predicted octanol–water partition coefficient (Wildman–Crippen LogP) is 2.86. The number of hydrogen-bond acceptors (Lipinski definition) is 6. The number of rotatable bonds is 5. The molecule has 0 aliphatic heterocycles. The first kappa shape index (κ1) is 17.5. The number of hydrogen-bond donors (Lipinski definition) is 1. The first-order valence-corrected chi connectivity index (χ1v) is 7.95. The molecule has 1 atom stereocenters. The molecule has 7 nitrogen and oxygen atoms in total. The second-order valence-electron chi connectivity index (χ2n) is 5.58. The fourth-order valence-electron chi connectivity index (χ4n) is 2.54. The van der Waals surface area contributed by atoms with Crippen molar-refractivity contribution in [2.75, 3.05) is 14.2 Å². The summed E-state index contributed by atoms with van der Waals surface area (Å²) in [5, 5.41) is 0.478. The van der Waals surface area contributed by atoms with Crippen LogP contribution in [-0.2, 0) is 4.74 Å². The van der Waals surface area contributed by atoms with E-state index in [-0.39, 0.29) is 16.9 Å². The van der Waals surface area contributed by atoms with Crippen LogP contribution in [0, 0.1) is 0 Å². The zero-order valence-electron chi connectivity index (χ0n) is 14.6. The molecule has 1 aromatic heterocycles. The molecule has 0 radical (unpaired) electrons. The zero-order valence-corrected chi connectivity index (χ0v) is 14.6. The maximum absolute atomic E-state index is 12.5. The number of carbonyl (C=O) groups is 1. The highest BCUT2D eigenvalue weighted by molar-refractivity contribution is 5.93. The Kier molecular flexibility index (Phi) is 4.88. The highest BCUT2D eigenvalue weighted by atomic mass is 16.5. The second kappa shape index (κ2) is 7.26. The van der Waals surface area contributed by atoms with Gasteiger partial charge in [0.15, 0.2) is 11.9 Å². The van der Waals surface area contributed by atoms with E-state index in [2.05, 4.69) is 9.97 Å². The summed E-state index contributed by atoms with van der Waals surface area (Å²) in [6.07, 6.45) is -0.744. The number of esters is 1. The molecule has 1 N–H and O–H groups in total. The van der Waals surface area contributed by atoms with Crippen molar-refractivity contribution in [1.29, 1.82) is 0 Å². The Balaban J connectivity index is 1.87. The third-order valence-corrected chi connectivity index (χ3v) is 3.93. The molecule has 0 amide bonds. The lowest BCUT2D eigenvalue weighted by Crippen LogP contribution is -2.17. The summed E-state index contributed by atoms with van der Waals surface area (Å²) in [6.45, 7) is 1.64. The van der Waals surface area contributed by atoms with Gasteiger partial charge in [0, 0.05) is 6.07 Å². The molecule has 0 spiro atoms. The van der Waals surface area contributed by atoms with Crippen LogP contribution in [0.1, 0.15) is 29.2 Å². The number of carbonyl (C=O) groups excluding carboxylic acids is 1. The first-order chi connectivity index (χ1) is 12.5. The Morgan fingerprint density at radius 1 is 1.12 bits per heavy atom. The molecule has 3 aromatic rings. The quantitative estimate of drug-likeness (QED) is 0.709. The lowest BCUT2D eigenvalue weighted by Gasteiger charge is -2.15. The molecule has 26 heavy (non-hydrogen) atoms. The molecule has 0 aliphatic carbocycles. The van der Waals surface area contributed by atoms with Crippen molar-refractivity contribution in [1.82, 2.24) is 9.97 Å². The Hall–Kier alpha value is -3.35. The summed E-state index contributed by atoms with van der Waals surface area (Å²) in [6, 6.07) is 11.8. The van der Waals surface area contributed by atoms with Crippen LogP contribution in [0.4, 0.5) is 0 Å². The van der Waals surface area contributed by atoms with Gasteiger partial charge in [-0.25, -0.2) is 9.78 Å². The van der Waals surface area contributed by atoms with Gasteiger partial charge in [0.05, 0.1) is 25.1 Å². The van der Waals surface area contributed by atoms with Gasteiger partial charge in [-0.2, -0.15) is 0 Å². The third-order valence-electron chi connectivity index (χ3n) is 3.93. The molecule has 0 bridgehead atoms. The van der Waals surface area contributed by atoms with Crippen molar-refractivity contribution in [3.8, 4) is 11.5 Å². The molecular formula is C19H18N2O5. The van der Waals surface area contributed by atoms with Gasteiger partial charge in [0.1, 0.15) is 17.1 Å². The minimum absolute atomic E-state index is 0.253.